The minimum atomic E-state index is 0.500. The lowest BCUT2D eigenvalue weighted by molar-refractivity contribution is 0.928. The van der Waals surface area contributed by atoms with E-state index in [2.05, 4.69) is 31.8 Å². The molecule has 1 unspecified atom stereocenters. The van der Waals surface area contributed by atoms with Crippen LogP contribution >= 0.6 is 0 Å². The third-order valence-corrected chi connectivity index (χ3v) is 1.55. The molecule has 9 heavy (non-hydrogen) atoms. The molecule has 0 aliphatic rings. The maximum absolute atomic E-state index is 3.94. The van der Waals surface area contributed by atoms with Crippen molar-refractivity contribution in [1.29, 1.82) is 0 Å². The smallest absolute Gasteiger partial charge is 0.0273 e. The van der Waals surface area contributed by atoms with Gasteiger partial charge in [0.25, 0.3) is 0 Å². The molecule has 0 aliphatic heterocycles. The van der Waals surface area contributed by atoms with Gasteiger partial charge in [-0.25, -0.2) is 0 Å². The molecule has 0 aliphatic carbocycles. The van der Waals surface area contributed by atoms with E-state index in [1.54, 1.807) is 7.05 Å². The van der Waals surface area contributed by atoms with Gasteiger partial charge in [0.2, 0.25) is 0 Å². The Hall–Kier alpha value is -0.590. The molecular formula is C8H15N. The highest BCUT2D eigenvalue weighted by Crippen LogP contribution is 2.05. The minimum absolute atomic E-state index is 0.500. The van der Waals surface area contributed by atoms with Gasteiger partial charge in [0, 0.05) is 19.2 Å². The molecule has 0 bridgehead atoms. The van der Waals surface area contributed by atoms with Crippen molar-refractivity contribution in [3.63, 3.8) is 0 Å². The first-order chi connectivity index (χ1) is 4.22. The zero-order valence-corrected chi connectivity index (χ0v) is 6.68. The molecule has 0 N–H and O–H groups in total. The van der Waals surface area contributed by atoms with E-state index in [9.17, 15) is 0 Å². The van der Waals surface area contributed by atoms with Crippen LogP contribution in [-0.2, 0) is 0 Å². The predicted molar refractivity (Wildman–Crippen MR) is 43.0 cm³/mol. The molecule has 0 aromatic heterocycles. The number of hydrogen-bond acceptors (Lipinski definition) is 1. The Morgan fingerprint density at radius 3 is 2.44 bits per heavy atom. The van der Waals surface area contributed by atoms with Crippen molar-refractivity contribution in [2.24, 2.45) is 10.9 Å². The molecule has 1 nitrogen and oxygen atoms in total. The van der Waals surface area contributed by atoms with Gasteiger partial charge in [-0.1, -0.05) is 18.6 Å². The largest absolute Gasteiger partial charge is 0.300 e. The lowest BCUT2D eigenvalue weighted by Gasteiger charge is -2.02. The Kier molecular flexibility index (Phi) is 4.02. The monoisotopic (exact) mass is 125 g/mol. The standard InChI is InChI=1S/C8H15N/c1-5-7(2)8(3)6-9-4/h5-6,8H,1-4H3/b7-5-,9-6?. The Morgan fingerprint density at radius 1 is 1.56 bits per heavy atom. The van der Waals surface area contributed by atoms with Crippen LogP contribution in [0.4, 0.5) is 0 Å². The Labute approximate surface area is 57.5 Å². The van der Waals surface area contributed by atoms with Gasteiger partial charge in [-0.3, -0.25) is 0 Å². The van der Waals surface area contributed by atoms with Crippen molar-refractivity contribution in [1.82, 2.24) is 0 Å². The molecule has 0 amide bonds. The summed E-state index contributed by atoms with van der Waals surface area (Å²) in [4.78, 5) is 3.94. The maximum atomic E-state index is 3.94. The lowest BCUT2D eigenvalue weighted by Crippen LogP contribution is -1.96. The van der Waals surface area contributed by atoms with Gasteiger partial charge < -0.3 is 4.99 Å². The summed E-state index contributed by atoms with van der Waals surface area (Å²) in [6, 6.07) is 0. The summed E-state index contributed by atoms with van der Waals surface area (Å²) in [5.74, 6) is 0.500. The molecule has 1 atom stereocenters. The molecule has 0 radical (unpaired) electrons. The number of hydrogen-bond donors (Lipinski definition) is 0. The molecule has 0 aromatic carbocycles. The second-order valence-corrected chi connectivity index (χ2v) is 2.23. The third kappa shape index (κ3) is 3.07. The van der Waals surface area contributed by atoms with Gasteiger partial charge in [-0.2, -0.15) is 0 Å². The van der Waals surface area contributed by atoms with E-state index in [1.165, 1.54) is 5.57 Å². The first-order valence-electron chi connectivity index (χ1n) is 3.27. The predicted octanol–water partition coefficient (Wildman–Crippen LogP) is 2.29. The SMILES string of the molecule is C/C=C(/C)C(C)C=NC. The van der Waals surface area contributed by atoms with Gasteiger partial charge in [0.05, 0.1) is 0 Å². The van der Waals surface area contributed by atoms with Crippen LogP contribution in [0.15, 0.2) is 16.6 Å². The van der Waals surface area contributed by atoms with Crippen LogP contribution in [0.2, 0.25) is 0 Å². The molecular weight excluding hydrogens is 110 g/mol. The van der Waals surface area contributed by atoms with Crippen LogP contribution in [0.3, 0.4) is 0 Å². The summed E-state index contributed by atoms with van der Waals surface area (Å²) >= 11 is 0. The number of allylic oxidation sites excluding steroid dienone is 2. The summed E-state index contributed by atoms with van der Waals surface area (Å²) in [6.45, 7) is 6.31. The van der Waals surface area contributed by atoms with E-state index in [1.807, 2.05) is 6.21 Å². The van der Waals surface area contributed by atoms with Gasteiger partial charge >= 0.3 is 0 Å². The zero-order valence-electron chi connectivity index (χ0n) is 6.68. The van der Waals surface area contributed by atoms with Gasteiger partial charge in [-0.15, -0.1) is 0 Å². The molecule has 1 heteroatoms. The fraction of sp³-hybridized carbons (Fsp3) is 0.625. The molecule has 0 heterocycles. The average Bonchev–Trinajstić information content (AvgIpc) is 1.87. The fourth-order valence-corrected chi connectivity index (χ4v) is 0.604. The second-order valence-electron chi connectivity index (χ2n) is 2.23. The van der Waals surface area contributed by atoms with Crippen LogP contribution in [0.5, 0.6) is 0 Å². The van der Waals surface area contributed by atoms with E-state index in [-0.39, 0.29) is 0 Å². The van der Waals surface area contributed by atoms with Crippen LogP contribution in [0.1, 0.15) is 20.8 Å². The Morgan fingerprint density at radius 2 is 2.11 bits per heavy atom. The van der Waals surface area contributed by atoms with Gasteiger partial charge in [-0.05, 0) is 13.8 Å². The van der Waals surface area contributed by atoms with Crippen molar-refractivity contribution in [2.75, 3.05) is 7.05 Å². The summed E-state index contributed by atoms with van der Waals surface area (Å²) in [6.07, 6.45) is 4.07. The van der Waals surface area contributed by atoms with E-state index in [4.69, 9.17) is 0 Å². The summed E-state index contributed by atoms with van der Waals surface area (Å²) in [5.41, 5.74) is 1.38. The van der Waals surface area contributed by atoms with Crippen molar-refractivity contribution in [3.05, 3.63) is 11.6 Å². The molecule has 0 saturated carbocycles. The van der Waals surface area contributed by atoms with Gasteiger partial charge in [0.15, 0.2) is 0 Å². The highest BCUT2D eigenvalue weighted by atomic mass is 14.6. The van der Waals surface area contributed by atoms with E-state index < -0.39 is 0 Å². The summed E-state index contributed by atoms with van der Waals surface area (Å²) in [5, 5.41) is 0. The molecule has 0 saturated heterocycles. The number of nitrogens with zero attached hydrogens (tertiary/aromatic N) is 1. The van der Waals surface area contributed by atoms with E-state index in [0.29, 0.717) is 5.92 Å². The second kappa shape index (κ2) is 4.30. The zero-order chi connectivity index (χ0) is 7.28. The molecule has 0 fully saturated rings. The van der Waals surface area contributed by atoms with Crippen molar-refractivity contribution in [3.8, 4) is 0 Å². The van der Waals surface area contributed by atoms with Crippen molar-refractivity contribution < 1.29 is 0 Å². The Balaban J connectivity index is 3.88. The summed E-state index contributed by atoms with van der Waals surface area (Å²) in [7, 11) is 1.80. The third-order valence-electron chi connectivity index (χ3n) is 1.55. The Bertz CT molecular complexity index is 123. The van der Waals surface area contributed by atoms with Crippen LogP contribution in [0.25, 0.3) is 0 Å². The van der Waals surface area contributed by atoms with Crippen molar-refractivity contribution >= 4 is 6.21 Å². The molecule has 0 aromatic rings. The van der Waals surface area contributed by atoms with Crippen LogP contribution in [-0.4, -0.2) is 13.3 Å². The topological polar surface area (TPSA) is 12.4 Å². The van der Waals surface area contributed by atoms with Crippen molar-refractivity contribution in [2.45, 2.75) is 20.8 Å². The normalized spacial score (nSPS) is 16.7. The quantitative estimate of drug-likeness (QED) is 0.396. The maximum Gasteiger partial charge on any atom is 0.0273 e. The van der Waals surface area contributed by atoms with Gasteiger partial charge in [0.1, 0.15) is 0 Å². The first-order valence-corrected chi connectivity index (χ1v) is 3.27. The lowest BCUT2D eigenvalue weighted by atomic mass is 10.0. The number of aliphatic imine (C=N–C) groups is 1. The molecule has 52 valence electrons. The summed E-state index contributed by atoms with van der Waals surface area (Å²) < 4.78 is 0. The van der Waals surface area contributed by atoms with Crippen LogP contribution in [0, 0.1) is 5.92 Å². The first kappa shape index (κ1) is 8.41. The van der Waals surface area contributed by atoms with E-state index >= 15 is 0 Å². The van der Waals surface area contributed by atoms with E-state index in [0.717, 1.165) is 0 Å². The highest BCUT2D eigenvalue weighted by Gasteiger charge is 1.95. The molecule has 0 spiro atoms. The number of rotatable bonds is 2. The van der Waals surface area contributed by atoms with Crippen LogP contribution < -0.4 is 0 Å². The molecule has 0 rings (SSSR count). The minimum Gasteiger partial charge on any atom is -0.300 e. The fourth-order valence-electron chi connectivity index (χ4n) is 0.604. The average molecular weight is 125 g/mol. The highest BCUT2D eigenvalue weighted by molar-refractivity contribution is 5.63.